The molecule has 0 fully saturated rings. The van der Waals surface area contributed by atoms with Gasteiger partial charge in [-0.25, -0.2) is 0 Å². The molecule has 2 unspecified atom stereocenters. The maximum Gasteiger partial charge on any atom is 0.227 e. The minimum absolute atomic E-state index is 0.00880. The highest BCUT2D eigenvalue weighted by Gasteiger charge is 2.26. The Balaban J connectivity index is 1.91. The molecular formula is C16H23N3O2. The van der Waals surface area contributed by atoms with Crippen molar-refractivity contribution in [3.63, 3.8) is 0 Å². The van der Waals surface area contributed by atoms with Gasteiger partial charge in [-0.05, 0) is 30.4 Å². The van der Waals surface area contributed by atoms with Crippen LogP contribution >= 0.6 is 0 Å². The van der Waals surface area contributed by atoms with Gasteiger partial charge >= 0.3 is 0 Å². The van der Waals surface area contributed by atoms with Crippen LogP contribution in [-0.4, -0.2) is 31.4 Å². The Morgan fingerprint density at radius 1 is 1.38 bits per heavy atom. The van der Waals surface area contributed by atoms with Crippen LogP contribution in [0, 0.1) is 0 Å². The zero-order valence-electron chi connectivity index (χ0n) is 12.4. The average Bonchev–Trinajstić information content (AvgIpc) is 2.51. The molecule has 0 aliphatic heterocycles. The third-order valence-electron chi connectivity index (χ3n) is 3.95. The lowest BCUT2D eigenvalue weighted by Crippen LogP contribution is -2.42. The molecule has 0 saturated carbocycles. The van der Waals surface area contributed by atoms with Crippen LogP contribution in [-0.2, 0) is 16.0 Å². The number of nitrogens with two attached hydrogens (primary N) is 1. The van der Waals surface area contributed by atoms with E-state index in [1.54, 1.807) is 7.05 Å². The highest BCUT2D eigenvalue weighted by Crippen LogP contribution is 2.31. The van der Waals surface area contributed by atoms with E-state index < -0.39 is 0 Å². The van der Waals surface area contributed by atoms with Crippen LogP contribution in [0.3, 0.4) is 0 Å². The SMILES string of the molecule is CNC(=O)CC(N)CNC(=O)C1CCCc2ccccc21. The molecule has 0 saturated heterocycles. The number of aryl methyl sites for hydroxylation is 1. The molecule has 0 spiro atoms. The molecule has 2 rings (SSSR count). The molecule has 21 heavy (non-hydrogen) atoms. The summed E-state index contributed by atoms with van der Waals surface area (Å²) in [4.78, 5) is 23.6. The van der Waals surface area contributed by atoms with E-state index in [1.165, 1.54) is 5.56 Å². The van der Waals surface area contributed by atoms with Crippen molar-refractivity contribution in [2.75, 3.05) is 13.6 Å². The van der Waals surface area contributed by atoms with Crippen LogP contribution in [0.1, 0.15) is 36.3 Å². The Bertz CT molecular complexity index is 516. The summed E-state index contributed by atoms with van der Waals surface area (Å²) < 4.78 is 0. The number of carbonyl (C=O) groups is 2. The predicted molar refractivity (Wildman–Crippen MR) is 81.8 cm³/mol. The van der Waals surface area contributed by atoms with E-state index in [4.69, 9.17) is 5.73 Å². The van der Waals surface area contributed by atoms with Crippen molar-refractivity contribution in [3.05, 3.63) is 35.4 Å². The van der Waals surface area contributed by atoms with Crippen molar-refractivity contribution in [2.45, 2.75) is 37.6 Å². The first kappa shape index (κ1) is 15.5. The van der Waals surface area contributed by atoms with E-state index in [0.717, 1.165) is 24.8 Å². The molecular weight excluding hydrogens is 266 g/mol. The number of rotatable bonds is 5. The van der Waals surface area contributed by atoms with Crippen LogP contribution in [0.4, 0.5) is 0 Å². The Morgan fingerprint density at radius 2 is 2.14 bits per heavy atom. The zero-order valence-corrected chi connectivity index (χ0v) is 12.4. The van der Waals surface area contributed by atoms with Gasteiger partial charge in [0.25, 0.3) is 0 Å². The summed E-state index contributed by atoms with van der Waals surface area (Å²) >= 11 is 0. The van der Waals surface area contributed by atoms with Gasteiger partial charge in [-0.3, -0.25) is 9.59 Å². The monoisotopic (exact) mass is 289 g/mol. The van der Waals surface area contributed by atoms with Gasteiger partial charge in [0.05, 0.1) is 5.92 Å². The second kappa shape index (κ2) is 7.22. The smallest absolute Gasteiger partial charge is 0.227 e. The van der Waals surface area contributed by atoms with Gasteiger partial charge in [0, 0.05) is 26.1 Å². The Hall–Kier alpha value is -1.88. The summed E-state index contributed by atoms with van der Waals surface area (Å²) in [7, 11) is 1.58. The van der Waals surface area contributed by atoms with E-state index in [9.17, 15) is 9.59 Å². The molecule has 4 N–H and O–H groups in total. The summed E-state index contributed by atoms with van der Waals surface area (Å²) in [5.41, 5.74) is 8.24. The van der Waals surface area contributed by atoms with Crippen LogP contribution in [0.25, 0.3) is 0 Å². The normalized spacial score (nSPS) is 18.5. The van der Waals surface area contributed by atoms with Crippen LogP contribution in [0.2, 0.25) is 0 Å². The van der Waals surface area contributed by atoms with Crippen molar-refractivity contribution in [3.8, 4) is 0 Å². The Labute approximate surface area is 125 Å². The predicted octanol–water partition coefficient (Wildman–Crippen LogP) is 0.686. The van der Waals surface area contributed by atoms with Gasteiger partial charge in [-0.2, -0.15) is 0 Å². The number of carbonyl (C=O) groups excluding carboxylic acids is 2. The number of amides is 2. The lowest BCUT2D eigenvalue weighted by atomic mass is 9.82. The topological polar surface area (TPSA) is 84.2 Å². The molecule has 1 aromatic carbocycles. The lowest BCUT2D eigenvalue weighted by Gasteiger charge is -2.25. The Kier molecular flexibility index (Phi) is 5.33. The van der Waals surface area contributed by atoms with Gasteiger partial charge in [0.1, 0.15) is 0 Å². The average molecular weight is 289 g/mol. The molecule has 1 aliphatic carbocycles. The third-order valence-corrected chi connectivity index (χ3v) is 3.95. The Morgan fingerprint density at radius 3 is 2.90 bits per heavy atom. The number of fused-ring (bicyclic) bond motifs is 1. The second-order valence-electron chi connectivity index (χ2n) is 5.53. The largest absolute Gasteiger partial charge is 0.359 e. The molecule has 1 aliphatic rings. The van der Waals surface area contributed by atoms with Crippen LogP contribution in [0.15, 0.2) is 24.3 Å². The maximum absolute atomic E-state index is 12.4. The number of hydrogen-bond acceptors (Lipinski definition) is 3. The van der Waals surface area contributed by atoms with Gasteiger partial charge in [-0.1, -0.05) is 24.3 Å². The van der Waals surface area contributed by atoms with Crippen molar-refractivity contribution in [1.29, 1.82) is 0 Å². The van der Waals surface area contributed by atoms with Crippen molar-refractivity contribution in [2.24, 2.45) is 5.73 Å². The van der Waals surface area contributed by atoms with Gasteiger partial charge < -0.3 is 16.4 Å². The van der Waals surface area contributed by atoms with Gasteiger partial charge in [-0.15, -0.1) is 0 Å². The summed E-state index contributed by atoms with van der Waals surface area (Å²) in [6, 6.07) is 7.75. The van der Waals surface area contributed by atoms with Crippen LogP contribution < -0.4 is 16.4 Å². The van der Waals surface area contributed by atoms with E-state index in [2.05, 4.69) is 16.7 Å². The van der Waals surface area contributed by atoms with Crippen molar-refractivity contribution in [1.82, 2.24) is 10.6 Å². The van der Waals surface area contributed by atoms with E-state index in [-0.39, 0.29) is 30.2 Å². The molecule has 0 aromatic heterocycles. The number of hydrogen-bond donors (Lipinski definition) is 3. The molecule has 0 bridgehead atoms. The fourth-order valence-corrected chi connectivity index (χ4v) is 2.79. The quantitative estimate of drug-likeness (QED) is 0.745. The number of nitrogens with one attached hydrogen (secondary N) is 2. The van der Waals surface area contributed by atoms with E-state index >= 15 is 0 Å². The summed E-state index contributed by atoms with van der Waals surface area (Å²) in [5.74, 6) is -0.198. The highest BCUT2D eigenvalue weighted by atomic mass is 16.2. The first-order valence-corrected chi connectivity index (χ1v) is 7.43. The standard InChI is InChI=1S/C16H23N3O2/c1-18-15(20)9-12(17)10-19-16(21)14-8-4-6-11-5-2-3-7-13(11)14/h2-3,5,7,12,14H,4,6,8-10,17H2,1H3,(H,18,20)(H,19,21). The molecule has 2 atom stereocenters. The minimum Gasteiger partial charge on any atom is -0.359 e. The zero-order chi connectivity index (χ0) is 15.2. The highest BCUT2D eigenvalue weighted by molar-refractivity contribution is 5.84. The first-order valence-electron chi connectivity index (χ1n) is 7.43. The number of benzene rings is 1. The fourth-order valence-electron chi connectivity index (χ4n) is 2.79. The van der Waals surface area contributed by atoms with Gasteiger partial charge in [0.2, 0.25) is 11.8 Å². The molecule has 0 heterocycles. The minimum atomic E-state index is -0.354. The molecule has 0 radical (unpaired) electrons. The van der Waals surface area contributed by atoms with E-state index in [1.807, 2.05) is 18.2 Å². The second-order valence-corrected chi connectivity index (χ2v) is 5.53. The maximum atomic E-state index is 12.4. The fraction of sp³-hybridized carbons (Fsp3) is 0.500. The third kappa shape index (κ3) is 4.04. The molecule has 5 heteroatoms. The summed E-state index contributed by atoms with van der Waals surface area (Å²) in [6.07, 6.45) is 3.15. The van der Waals surface area contributed by atoms with Crippen LogP contribution in [0.5, 0.6) is 0 Å². The molecule has 5 nitrogen and oxygen atoms in total. The first-order chi connectivity index (χ1) is 10.1. The van der Waals surface area contributed by atoms with Gasteiger partial charge in [0.15, 0.2) is 0 Å². The molecule has 1 aromatic rings. The van der Waals surface area contributed by atoms with Crippen molar-refractivity contribution >= 4 is 11.8 Å². The summed E-state index contributed by atoms with van der Waals surface area (Å²) in [5, 5.41) is 5.41. The molecule has 2 amide bonds. The summed E-state index contributed by atoms with van der Waals surface area (Å²) in [6.45, 7) is 0.324. The van der Waals surface area contributed by atoms with E-state index in [0.29, 0.717) is 6.54 Å². The van der Waals surface area contributed by atoms with Crippen molar-refractivity contribution < 1.29 is 9.59 Å². The molecule has 114 valence electrons. The lowest BCUT2D eigenvalue weighted by molar-refractivity contribution is -0.124.